The zero-order chi connectivity index (χ0) is 24.2. The predicted octanol–water partition coefficient (Wildman–Crippen LogP) is 7.87. The smallest absolute Gasteiger partial charge is 0.429 e. The van der Waals surface area contributed by atoms with Crippen molar-refractivity contribution in [3.8, 4) is 11.8 Å². The van der Waals surface area contributed by atoms with Gasteiger partial charge in [-0.25, -0.2) is 17.6 Å². The lowest BCUT2D eigenvalue weighted by Crippen LogP contribution is -2.26. The monoisotopic (exact) mass is 467 g/mol. The predicted molar refractivity (Wildman–Crippen MR) is 111 cm³/mol. The van der Waals surface area contributed by atoms with Gasteiger partial charge in [0.25, 0.3) is 0 Å². The van der Waals surface area contributed by atoms with E-state index in [0.717, 1.165) is 37.8 Å². The molecular formula is C25H23F6NO. The van der Waals surface area contributed by atoms with Crippen LogP contribution in [0.4, 0.5) is 26.3 Å². The van der Waals surface area contributed by atoms with Gasteiger partial charge in [0.2, 0.25) is 0 Å². The minimum Gasteiger partial charge on any atom is -0.429 e. The fourth-order valence-electron chi connectivity index (χ4n) is 4.21. The van der Waals surface area contributed by atoms with Crippen LogP contribution in [0.2, 0.25) is 0 Å². The van der Waals surface area contributed by atoms with Crippen LogP contribution in [0.5, 0.6) is 5.75 Å². The Morgan fingerprint density at radius 2 is 1.52 bits per heavy atom. The van der Waals surface area contributed by atoms with Crippen molar-refractivity contribution in [2.45, 2.75) is 57.5 Å². The van der Waals surface area contributed by atoms with Gasteiger partial charge in [-0.05, 0) is 68.1 Å². The van der Waals surface area contributed by atoms with Crippen LogP contribution in [0.15, 0.2) is 36.4 Å². The van der Waals surface area contributed by atoms with Crippen molar-refractivity contribution in [2.75, 3.05) is 0 Å². The van der Waals surface area contributed by atoms with Gasteiger partial charge < -0.3 is 4.74 Å². The molecule has 1 aliphatic rings. The Morgan fingerprint density at radius 1 is 0.939 bits per heavy atom. The minimum atomic E-state index is -4.54. The molecule has 0 atom stereocenters. The van der Waals surface area contributed by atoms with Gasteiger partial charge in [-0.1, -0.05) is 19.1 Å². The molecule has 1 fully saturated rings. The quantitative estimate of drug-likeness (QED) is 0.307. The number of alkyl halides is 2. The number of benzene rings is 2. The van der Waals surface area contributed by atoms with Gasteiger partial charge in [0.15, 0.2) is 0 Å². The molecular weight excluding hydrogens is 444 g/mol. The van der Waals surface area contributed by atoms with Gasteiger partial charge >= 0.3 is 6.11 Å². The highest BCUT2D eigenvalue weighted by Crippen LogP contribution is 2.41. The average molecular weight is 467 g/mol. The van der Waals surface area contributed by atoms with Gasteiger partial charge in [0, 0.05) is 12.1 Å². The molecule has 0 spiro atoms. The summed E-state index contributed by atoms with van der Waals surface area (Å²) >= 11 is 0. The summed E-state index contributed by atoms with van der Waals surface area (Å²) in [5.74, 6) is -6.53. The van der Waals surface area contributed by atoms with Crippen LogP contribution in [-0.2, 0) is 6.11 Å². The number of hydrogen-bond donors (Lipinski definition) is 0. The molecule has 0 amide bonds. The molecule has 33 heavy (non-hydrogen) atoms. The number of ether oxygens (including phenoxy) is 1. The maximum absolute atomic E-state index is 14.6. The summed E-state index contributed by atoms with van der Waals surface area (Å²) in [7, 11) is 0. The lowest BCUT2D eigenvalue weighted by molar-refractivity contribution is -0.189. The SMILES string of the molecule is CC/C=C/CC1CCC(c2cc(F)c(C(F)(F)Oc3cc(F)c(C#N)c(F)c3)c(F)c2)CC1. The van der Waals surface area contributed by atoms with E-state index in [1.165, 1.54) is 6.07 Å². The second-order valence-corrected chi connectivity index (χ2v) is 8.19. The Hall–Kier alpha value is -2.95. The highest BCUT2D eigenvalue weighted by atomic mass is 19.3. The molecule has 0 aliphatic heterocycles. The van der Waals surface area contributed by atoms with Crippen molar-refractivity contribution in [2.24, 2.45) is 5.92 Å². The molecule has 2 nitrogen and oxygen atoms in total. The molecule has 0 saturated heterocycles. The third-order valence-electron chi connectivity index (χ3n) is 5.92. The fraction of sp³-hybridized carbons (Fsp3) is 0.400. The molecule has 2 aromatic rings. The number of nitrogens with zero attached hydrogens (tertiary/aromatic N) is 1. The molecule has 3 rings (SSSR count). The Kier molecular flexibility index (Phi) is 7.72. The standard InChI is InChI=1S/C25H23F6NO/c1-2-3-4-5-15-6-8-16(9-7-15)17-10-22(28)24(23(29)11-17)25(30,31)33-18-12-20(26)19(14-32)21(27)13-18/h3-4,10-13,15-16H,2,5-9H2,1H3/b4-3+. The fourth-order valence-corrected chi connectivity index (χ4v) is 4.21. The van der Waals surface area contributed by atoms with Gasteiger partial charge in [0.1, 0.15) is 46.2 Å². The second kappa shape index (κ2) is 10.3. The second-order valence-electron chi connectivity index (χ2n) is 8.19. The first-order valence-corrected chi connectivity index (χ1v) is 10.8. The normalized spacial score (nSPS) is 19.0. The van der Waals surface area contributed by atoms with Crippen LogP contribution in [0, 0.1) is 40.5 Å². The van der Waals surface area contributed by atoms with Crippen molar-refractivity contribution in [1.82, 2.24) is 0 Å². The van der Waals surface area contributed by atoms with E-state index < -0.39 is 46.3 Å². The topological polar surface area (TPSA) is 33.0 Å². The van der Waals surface area contributed by atoms with E-state index in [9.17, 15) is 26.3 Å². The molecule has 0 bridgehead atoms. The molecule has 1 aliphatic carbocycles. The number of allylic oxidation sites excluding steroid dienone is 2. The first kappa shape index (κ1) is 24.7. The van der Waals surface area contributed by atoms with E-state index in [4.69, 9.17) is 5.26 Å². The Balaban J connectivity index is 1.77. The molecule has 0 heterocycles. The third kappa shape index (κ3) is 5.70. The summed E-state index contributed by atoms with van der Waals surface area (Å²) < 4.78 is 90.0. The van der Waals surface area contributed by atoms with Gasteiger partial charge in [-0.15, -0.1) is 0 Å². The van der Waals surface area contributed by atoms with E-state index in [2.05, 4.69) is 23.8 Å². The van der Waals surface area contributed by atoms with Gasteiger partial charge in [0.05, 0.1) is 0 Å². The number of halogens is 6. The highest BCUT2D eigenvalue weighted by molar-refractivity contribution is 5.39. The molecule has 0 radical (unpaired) electrons. The highest BCUT2D eigenvalue weighted by Gasteiger charge is 2.42. The Morgan fingerprint density at radius 3 is 2.03 bits per heavy atom. The number of hydrogen-bond acceptors (Lipinski definition) is 2. The zero-order valence-electron chi connectivity index (χ0n) is 18.0. The van der Waals surface area contributed by atoms with Crippen molar-refractivity contribution in [1.29, 1.82) is 5.26 Å². The first-order chi connectivity index (χ1) is 15.7. The van der Waals surface area contributed by atoms with Crippen LogP contribution in [-0.4, -0.2) is 0 Å². The van der Waals surface area contributed by atoms with E-state index in [-0.39, 0.29) is 5.92 Å². The molecule has 1 saturated carbocycles. The maximum Gasteiger partial charge on any atom is 0.432 e. The summed E-state index contributed by atoms with van der Waals surface area (Å²) in [6.07, 6.45) is 4.73. The summed E-state index contributed by atoms with van der Waals surface area (Å²) in [6.45, 7) is 2.05. The van der Waals surface area contributed by atoms with Crippen LogP contribution < -0.4 is 4.74 Å². The number of rotatable bonds is 7. The van der Waals surface area contributed by atoms with E-state index in [1.807, 2.05) is 0 Å². The van der Waals surface area contributed by atoms with Crippen molar-refractivity contribution in [3.63, 3.8) is 0 Å². The van der Waals surface area contributed by atoms with Crippen molar-refractivity contribution < 1.29 is 31.1 Å². The summed E-state index contributed by atoms with van der Waals surface area (Å²) in [5, 5.41) is 8.65. The van der Waals surface area contributed by atoms with E-state index in [1.54, 1.807) is 0 Å². The average Bonchev–Trinajstić information content (AvgIpc) is 2.73. The maximum atomic E-state index is 14.6. The van der Waals surface area contributed by atoms with Crippen LogP contribution in [0.25, 0.3) is 0 Å². The Labute approximate surface area is 188 Å². The summed E-state index contributed by atoms with van der Waals surface area (Å²) in [6, 6.07) is 3.70. The Bertz CT molecular complexity index is 1020. The zero-order valence-corrected chi connectivity index (χ0v) is 18.0. The van der Waals surface area contributed by atoms with Crippen LogP contribution >= 0.6 is 0 Å². The van der Waals surface area contributed by atoms with Gasteiger partial charge in [-0.3, -0.25) is 0 Å². The molecule has 0 unspecified atom stereocenters. The van der Waals surface area contributed by atoms with Crippen LogP contribution in [0.3, 0.4) is 0 Å². The first-order valence-electron chi connectivity index (χ1n) is 10.8. The van der Waals surface area contributed by atoms with E-state index >= 15 is 0 Å². The van der Waals surface area contributed by atoms with E-state index in [0.29, 0.717) is 36.5 Å². The molecule has 0 aromatic heterocycles. The lowest BCUT2D eigenvalue weighted by Gasteiger charge is -2.29. The lowest BCUT2D eigenvalue weighted by atomic mass is 9.77. The molecule has 176 valence electrons. The summed E-state index contributed by atoms with van der Waals surface area (Å²) in [4.78, 5) is 0. The van der Waals surface area contributed by atoms with Crippen molar-refractivity contribution >= 4 is 0 Å². The van der Waals surface area contributed by atoms with Crippen LogP contribution in [0.1, 0.15) is 68.1 Å². The summed E-state index contributed by atoms with van der Waals surface area (Å²) in [5.41, 5.74) is -2.33. The minimum absolute atomic E-state index is 0.147. The molecule has 0 N–H and O–H groups in total. The molecule has 2 aromatic carbocycles. The largest absolute Gasteiger partial charge is 0.432 e. The number of nitriles is 1. The molecule has 8 heteroatoms. The van der Waals surface area contributed by atoms with Gasteiger partial charge in [-0.2, -0.15) is 14.0 Å². The van der Waals surface area contributed by atoms with Crippen molar-refractivity contribution in [3.05, 3.63) is 76.4 Å². The third-order valence-corrected chi connectivity index (χ3v) is 5.92.